The van der Waals surface area contributed by atoms with Crippen molar-refractivity contribution in [2.75, 3.05) is 6.54 Å². The predicted octanol–water partition coefficient (Wildman–Crippen LogP) is 3.33. The summed E-state index contributed by atoms with van der Waals surface area (Å²) in [6.07, 6.45) is 4.06. The summed E-state index contributed by atoms with van der Waals surface area (Å²) in [5, 5.41) is -0.442. The second-order valence-electron chi connectivity index (χ2n) is 5.63. The Balaban J connectivity index is 2.06. The molecule has 1 N–H and O–H groups in total. The number of Topliss-reactive ketones (excluding diaryl/α,β-unsaturated/α-hetero) is 1. The van der Waals surface area contributed by atoms with E-state index in [0.29, 0.717) is 22.9 Å². The van der Waals surface area contributed by atoms with Crippen molar-refractivity contribution in [2.24, 2.45) is 0 Å². The van der Waals surface area contributed by atoms with Crippen molar-refractivity contribution in [1.82, 2.24) is 4.72 Å². The molecule has 122 valence electrons. The number of nitrogens with one attached hydrogen (secondary N) is 1. The molecule has 1 aromatic carbocycles. The quantitative estimate of drug-likeness (QED) is 0.782. The maximum absolute atomic E-state index is 14.0. The van der Waals surface area contributed by atoms with E-state index in [4.69, 9.17) is 0 Å². The summed E-state index contributed by atoms with van der Waals surface area (Å²) in [5.41, 5.74) is 0.242. The summed E-state index contributed by atoms with van der Waals surface area (Å²) in [7, 11) is -3.52. The molecule has 7 heteroatoms. The summed E-state index contributed by atoms with van der Waals surface area (Å²) in [4.78, 5) is 12.1. The van der Waals surface area contributed by atoms with Crippen LogP contribution in [0.2, 0.25) is 0 Å². The van der Waals surface area contributed by atoms with Crippen LogP contribution in [0, 0.1) is 12.7 Å². The number of sulfonamides is 1. The first kappa shape index (κ1) is 17.6. The third kappa shape index (κ3) is 4.14. The highest BCUT2D eigenvalue weighted by Gasteiger charge is 2.28. The molecule has 0 aliphatic heterocycles. The highest BCUT2D eigenvalue weighted by molar-refractivity contribution is 9.10. The maximum Gasteiger partial charge on any atom is 0.214 e. The van der Waals surface area contributed by atoms with Crippen LogP contribution in [0.5, 0.6) is 0 Å². The summed E-state index contributed by atoms with van der Waals surface area (Å²) >= 11 is 3.21. The summed E-state index contributed by atoms with van der Waals surface area (Å²) < 4.78 is 41.3. The summed E-state index contributed by atoms with van der Waals surface area (Å²) in [6, 6.07) is 2.94. The van der Waals surface area contributed by atoms with Crippen LogP contribution < -0.4 is 4.72 Å². The van der Waals surface area contributed by atoms with E-state index in [0.717, 1.165) is 19.3 Å². The first-order valence-corrected chi connectivity index (χ1v) is 9.62. The summed E-state index contributed by atoms with van der Waals surface area (Å²) in [5.74, 6) is -1.17. The smallest absolute Gasteiger partial charge is 0.214 e. The molecule has 1 aliphatic rings. The topological polar surface area (TPSA) is 63.2 Å². The summed E-state index contributed by atoms with van der Waals surface area (Å²) in [6.45, 7) is 1.15. The molecule has 1 fully saturated rings. The SMILES string of the molecule is Cc1cc(Br)cc(C(=O)CNS(=O)(=O)C2CCCCC2)c1F. The van der Waals surface area contributed by atoms with E-state index >= 15 is 0 Å². The van der Waals surface area contributed by atoms with E-state index in [1.54, 1.807) is 13.0 Å². The second-order valence-corrected chi connectivity index (χ2v) is 8.59. The van der Waals surface area contributed by atoms with Gasteiger partial charge in [-0.2, -0.15) is 0 Å². The molecule has 1 aromatic rings. The minimum atomic E-state index is -3.52. The average Bonchev–Trinajstić information content (AvgIpc) is 2.49. The van der Waals surface area contributed by atoms with Crippen LogP contribution in [0.15, 0.2) is 16.6 Å². The highest BCUT2D eigenvalue weighted by atomic mass is 79.9. The van der Waals surface area contributed by atoms with Gasteiger partial charge in [-0.05, 0) is 37.5 Å². The van der Waals surface area contributed by atoms with Gasteiger partial charge in [0.1, 0.15) is 5.82 Å². The van der Waals surface area contributed by atoms with Crippen LogP contribution in [-0.2, 0) is 10.0 Å². The van der Waals surface area contributed by atoms with E-state index in [1.807, 2.05) is 0 Å². The van der Waals surface area contributed by atoms with Crippen molar-refractivity contribution in [3.63, 3.8) is 0 Å². The molecule has 0 bridgehead atoms. The van der Waals surface area contributed by atoms with Gasteiger partial charge in [0, 0.05) is 4.47 Å². The molecule has 0 radical (unpaired) electrons. The standard InChI is InChI=1S/C15H19BrFNO3S/c1-10-7-11(16)8-13(15(10)17)14(19)9-18-22(20,21)12-5-3-2-4-6-12/h7-8,12,18H,2-6,9H2,1H3. The van der Waals surface area contributed by atoms with Crippen molar-refractivity contribution >= 4 is 31.7 Å². The lowest BCUT2D eigenvalue weighted by Gasteiger charge is -2.21. The molecule has 4 nitrogen and oxygen atoms in total. The molecule has 0 atom stereocenters. The Morgan fingerprint density at radius 2 is 1.95 bits per heavy atom. The molecular formula is C15H19BrFNO3S. The Bertz CT molecular complexity index is 670. The van der Waals surface area contributed by atoms with Crippen LogP contribution in [0.1, 0.15) is 48.0 Å². The van der Waals surface area contributed by atoms with Crippen LogP contribution in [0.25, 0.3) is 0 Å². The number of halogens is 2. The van der Waals surface area contributed by atoms with Gasteiger partial charge in [0.2, 0.25) is 10.0 Å². The van der Waals surface area contributed by atoms with Gasteiger partial charge in [-0.3, -0.25) is 4.79 Å². The number of hydrogen-bond acceptors (Lipinski definition) is 3. The molecule has 22 heavy (non-hydrogen) atoms. The molecule has 0 aromatic heterocycles. The monoisotopic (exact) mass is 391 g/mol. The van der Waals surface area contributed by atoms with Gasteiger partial charge >= 0.3 is 0 Å². The van der Waals surface area contributed by atoms with Crippen molar-refractivity contribution in [3.8, 4) is 0 Å². The van der Waals surface area contributed by atoms with E-state index < -0.39 is 33.4 Å². The number of carbonyl (C=O) groups excluding carboxylic acids is 1. The van der Waals surface area contributed by atoms with Gasteiger partial charge in [0.15, 0.2) is 5.78 Å². The van der Waals surface area contributed by atoms with Gasteiger partial charge in [0.05, 0.1) is 17.4 Å². The number of hydrogen-bond donors (Lipinski definition) is 1. The van der Waals surface area contributed by atoms with Crippen LogP contribution in [-0.4, -0.2) is 26.0 Å². The van der Waals surface area contributed by atoms with E-state index in [1.165, 1.54) is 6.07 Å². The van der Waals surface area contributed by atoms with E-state index in [2.05, 4.69) is 20.7 Å². The fourth-order valence-electron chi connectivity index (χ4n) is 2.68. The van der Waals surface area contributed by atoms with E-state index in [-0.39, 0.29) is 5.56 Å². The molecule has 0 amide bonds. The molecular weight excluding hydrogens is 373 g/mol. The molecule has 0 spiro atoms. The van der Waals surface area contributed by atoms with Crippen LogP contribution >= 0.6 is 15.9 Å². The lowest BCUT2D eigenvalue weighted by molar-refractivity contribution is 0.0992. The molecule has 0 saturated heterocycles. The Labute approximate surface area is 138 Å². The second kappa shape index (κ2) is 7.19. The van der Waals surface area contributed by atoms with Crippen molar-refractivity contribution in [1.29, 1.82) is 0 Å². The van der Waals surface area contributed by atoms with Gasteiger partial charge < -0.3 is 0 Å². The lowest BCUT2D eigenvalue weighted by atomic mass is 10.0. The molecule has 0 unspecified atom stereocenters. The van der Waals surface area contributed by atoms with Crippen molar-refractivity contribution in [3.05, 3.63) is 33.5 Å². The first-order chi connectivity index (χ1) is 10.3. The number of benzene rings is 1. The first-order valence-electron chi connectivity index (χ1n) is 7.28. The number of rotatable bonds is 5. The highest BCUT2D eigenvalue weighted by Crippen LogP contribution is 2.23. The third-order valence-corrected chi connectivity index (χ3v) is 6.30. The van der Waals surface area contributed by atoms with Crippen molar-refractivity contribution < 1.29 is 17.6 Å². The lowest BCUT2D eigenvalue weighted by Crippen LogP contribution is -2.38. The zero-order valence-corrected chi connectivity index (χ0v) is 14.8. The third-order valence-electron chi connectivity index (χ3n) is 3.94. The Hall–Kier alpha value is -0.790. The van der Waals surface area contributed by atoms with Gasteiger partial charge in [0.25, 0.3) is 0 Å². The largest absolute Gasteiger partial charge is 0.293 e. The zero-order valence-electron chi connectivity index (χ0n) is 12.4. The van der Waals surface area contributed by atoms with Crippen LogP contribution in [0.3, 0.4) is 0 Å². The Morgan fingerprint density at radius 1 is 1.32 bits per heavy atom. The molecule has 1 saturated carbocycles. The minimum Gasteiger partial charge on any atom is -0.293 e. The fourth-order valence-corrected chi connectivity index (χ4v) is 4.78. The number of ketones is 1. The van der Waals surface area contributed by atoms with E-state index in [9.17, 15) is 17.6 Å². The fraction of sp³-hybridized carbons (Fsp3) is 0.533. The maximum atomic E-state index is 14.0. The molecule has 2 rings (SSSR count). The van der Waals surface area contributed by atoms with Gasteiger partial charge in [-0.15, -0.1) is 0 Å². The van der Waals surface area contributed by atoms with Crippen molar-refractivity contribution in [2.45, 2.75) is 44.3 Å². The Morgan fingerprint density at radius 3 is 2.59 bits per heavy atom. The zero-order chi connectivity index (χ0) is 16.3. The minimum absolute atomic E-state index is 0.0989. The van der Waals surface area contributed by atoms with Crippen LogP contribution in [0.4, 0.5) is 4.39 Å². The molecule has 0 heterocycles. The molecule has 1 aliphatic carbocycles. The number of aryl methyl sites for hydroxylation is 1. The Kier molecular flexibility index (Phi) is 5.74. The van der Waals surface area contributed by atoms with Gasteiger partial charge in [-0.1, -0.05) is 35.2 Å². The average molecular weight is 392 g/mol. The van der Waals surface area contributed by atoms with Gasteiger partial charge in [-0.25, -0.2) is 17.5 Å². The normalized spacial score (nSPS) is 16.7. The number of carbonyl (C=O) groups is 1. The predicted molar refractivity (Wildman–Crippen MR) is 87.0 cm³/mol.